The first-order valence-electron chi connectivity index (χ1n) is 5.13. The summed E-state index contributed by atoms with van der Waals surface area (Å²) in [6.45, 7) is 0.716. The Morgan fingerprint density at radius 1 is 1.57 bits per heavy atom. The highest BCUT2D eigenvalue weighted by atomic mass is 32.2. The summed E-state index contributed by atoms with van der Waals surface area (Å²) in [4.78, 5) is 4.49. The van der Waals surface area contributed by atoms with Crippen LogP contribution in [0.5, 0.6) is 0 Å². The van der Waals surface area contributed by atoms with E-state index in [1.165, 1.54) is 18.6 Å². The molecular formula is C9H16N4S. The van der Waals surface area contributed by atoms with Gasteiger partial charge in [-0.15, -0.1) is 0 Å². The number of aromatic nitrogens is 3. The molecule has 1 aromatic heterocycles. The first-order valence-corrected chi connectivity index (χ1v) is 6.18. The lowest BCUT2D eigenvalue weighted by atomic mass is 10.2. The molecule has 1 saturated heterocycles. The number of nitrogens with two attached hydrogens (primary N) is 1. The van der Waals surface area contributed by atoms with Crippen LogP contribution in [0.4, 0.5) is 0 Å². The third-order valence-corrected chi connectivity index (χ3v) is 3.76. The molecule has 1 fully saturated rings. The molecule has 0 saturated carbocycles. The maximum Gasteiger partial charge on any atom is 0.163 e. The first kappa shape index (κ1) is 9.98. The van der Waals surface area contributed by atoms with Gasteiger partial charge in [0.1, 0.15) is 5.82 Å². The van der Waals surface area contributed by atoms with Crippen molar-refractivity contribution in [3.63, 3.8) is 0 Å². The lowest BCUT2D eigenvalue weighted by molar-refractivity contribution is 0.776. The quantitative estimate of drug-likeness (QED) is 0.788. The van der Waals surface area contributed by atoms with E-state index in [2.05, 4.69) is 15.2 Å². The Hall–Kier alpha value is -0.550. The number of nitrogens with one attached hydrogen (secondary N) is 1. The van der Waals surface area contributed by atoms with Crippen LogP contribution in [0, 0.1) is 0 Å². The third-order valence-electron chi connectivity index (χ3n) is 2.38. The topological polar surface area (TPSA) is 67.6 Å². The fourth-order valence-corrected chi connectivity index (χ4v) is 2.82. The van der Waals surface area contributed by atoms with Gasteiger partial charge in [-0.3, -0.25) is 5.10 Å². The minimum absolute atomic E-state index is 0.526. The van der Waals surface area contributed by atoms with Crippen molar-refractivity contribution in [3.05, 3.63) is 11.6 Å². The molecule has 5 heteroatoms. The average Bonchev–Trinajstić information content (AvgIpc) is 2.85. The van der Waals surface area contributed by atoms with Gasteiger partial charge in [-0.1, -0.05) is 0 Å². The summed E-state index contributed by atoms with van der Waals surface area (Å²) in [6, 6.07) is 0. The largest absolute Gasteiger partial charge is 0.330 e. The van der Waals surface area contributed by atoms with Crippen LogP contribution in [-0.4, -0.2) is 27.5 Å². The number of rotatable bonds is 4. The van der Waals surface area contributed by atoms with Crippen LogP contribution in [0.1, 0.15) is 36.2 Å². The smallest absolute Gasteiger partial charge is 0.163 e. The van der Waals surface area contributed by atoms with E-state index in [1.54, 1.807) is 0 Å². The molecule has 1 aliphatic heterocycles. The molecule has 0 aliphatic carbocycles. The van der Waals surface area contributed by atoms with E-state index in [0.717, 1.165) is 24.5 Å². The molecule has 0 radical (unpaired) electrons. The first-order chi connectivity index (χ1) is 6.90. The van der Waals surface area contributed by atoms with Crippen LogP contribution in [0.25, 0.3) is 0 Å². The minimum Gasteiger partial charge on any atom is -0.330 e. The van der Waals surface area contributed by atoms with Gasteiger partial charge >= 0.3 is 0 Å². The molecule has 1 aromatic rings. The summed E-state index contributed by atoms with van der Waals surface area (Å²) in [5.74, 6) is 3.22. The highest BCUT2D eigenvalue weighted by Crippen LogP contribution is 2.37. The van der Waals surface area contributed by atoms with Gasteiger partial charge in [0.2, 0.25) is 0 Å². The molecule has 0 spiro atoms. The minimum atomic E-state index is 0.526. The van der Waals surface area contributed by atoms with Crippen LogP contribution >= 0.6 is 11.8 Å². The number of aromatic amines is 1. The highest BCUT2D eigenvalue weighted by molar-refractivity contribution is 7.99. The van der Waals surface area contributed by atoms with Gasteiger partial charge in [-0.25, -0.2) is 4.98 Å². The molecule has 0 aromatic carbocycles. The number of thioether (sulfide) groups is 1. The zero-order chi connectivity index (χ0) is 9.80. The van der Waals surface area contributed by atoms with Gasteiger partial charge in [0.05, 0.1) is 5.25 Å². The van der Waals surface area contributed by atoms with Gasteiger partial charge in [-0.2, -0.15) is 16.9 Å². The van der Waals surface area contributed by atoms with E-state index < -0.39 is 0 Å². The highest BCUT2D eigenvalue weighted by Gasteiger charge is 2.21. The second kappa shape index (κ2) is 4.79. The molecular weight excluding hydrogens is 196 g/mol. The summed E-state index contributed by atoms with van der Waals surface area (Å²) < 4.78 is 0. The van der Waals surface area contributed by atoms with Crippen molar-refractivity contribution in [1.82, 2.24) is 15.2 Å². The Morgan fingerprint density at radius 3 is 3.21 bits per heavy atom. The summed E-state index contributed by atoms with van der Waals surface area (Å²) in [5, 5.41) is 7.77. The summed E-state index contributed by atoms with van der Waals surface area (Å²) in [6.07, 6.45) is 4.41. The van der Waals surface area contributed by atoms with Crippen molar-refractivity contribution in [2.45, 2.75) is 30.9 Å². The Bertz CT molecular complexity index is 280. The van der Waals surface area contributed by atoms with Crippen molar-refractivity contribution >= 4 is 11.8 Å². The fourth-order valence-electron chi connectivity index (χ4n) is 1.62. The number of H-pyrrole nitrogens is 1. The van der Waals surface area contributed by atoms with E-state index in [-0.39, 0.29) is 0 Å². The predicted octanol–water partition coefficient (Wildman–Crippen LogP) is 1.26. The van der Waals surface area contributed by atoms with E-state index in [4.69, 9.17) is 5.73 Å². The third kappa shape index (κ3) is 2.27. The number of hydrogen-bond acceptors (Lipinski definition) is 4. The van der Waals surface area contributed by atoms with E-state index in [9.17, 15) is 0 Å². The van der Waals surface area contributed by atoms with Crippen molar-refractivity contribution in [1.29, 1.82) is 0 Å². The molecule has 4 nitrogen and oxygen atoms in total. The van der Waals surface area contributed by atoms with Gasteiger partial charge < -0.3 is 5.73 Å². The van der Waals surface area contributed by atoms with Gasteiger partial charge in [0.15, 0.2) is 5.82 Å². The lowest BCUT2D eigenvalue weighted by Gasteiger charge is -2.00. The molecule has 1 unspecified atom stereocenters. The zero-order valence-corrected chi connectivity index (χ0v) is 9.02. The fraction of sp³-hybridized carbons (Fsp3) is 0.778. The van der Waals surface area contributed by atoms with Crippen molar-refractivity contribution < 1.29 is 0 Å². The van der Waals surface area contributed by atoms with Crippen molar-refractivity contribution in [3.8, 4) is 0 Å². The summed E-state index contributed by atoms with van der Waals surface area (Å²) in [5.41, 5.74) is 5.44. The Labute approximate surface area is 88.1 Å². The Kier molecular flexibility index (Phi) is 3.42. The van der Waals surface area contributed by atoms with E-state index in [0.29, 0.717) is 11.8 Å². The molecule has 2 rings (SSSR count). The van der Waals surface area contributed by atoms with Crippen LogP contribution < -0.4 is 5.73 Å². The van der Waals surface area contributed by atoms with Crippen molar-refractivity contribution in [2.75, 3.05) is 12.3 Å². The second-order valence-electron chi connectivity index (χ2n) is 3.53. The average molecular weight is 212 g/mol. The van der Waals surface area contributed by atoms with Gasteiger partial charge in [0.25, 0.3) is 0 Å². The van der Waals surface area contributed by atoms with E-state index in [1.807, 2.05) is 11.8 Å². The number of aryl methyl sites for hydroxylation is 1. The molecule has 1 aliphatic rings. The molecule has 0 bridgehead atoms. The summed E-state index contributed by atoms with van der Waals surface area (Å²) >= 11 is 1.96. The Morgan fingerprint density at radius 2 is 2.50 bits per heavy atom. The lowest BCUT2D eigenvalue weighted by Crippen LogP contribution is -2.01. The molecule has 0 amide bonds. The number of nitrogens with zero attached hydrogens (tertiary/aromatic N) is 2. The summed E-state index contributed by atoms with van der Waals surface area (Å²) in [7, 11) is 0. The van der Waals surface area contributed by atoms with Crippen LogP contribution in [-0.2, 0) is 6.42 Å². The molecule has 2 heterocycles. The molecule has 78 valence electrons. The predicted molar refractivity (Wildman–Crippen MR) is 58.2 cm³/mol. The number of hydrogen-bond donors (Lipinski definition) is 2. The standard InChI is InChI=1S/C9H16N4S/c10-5-1-4-8-11-9(13-12-8)7-3-2-6-14-7/h7H,1-6,10H2,(H,11,12,13). The molecule has 14 heavy (non-hydrogen) atoms. The monoisotopic (exact) mass is 212 g/mol. The Balaban J connectivity index is 1.94. The van der Waals surface area contributed by atoms with Gasteiger partial charge in [-0.05, 0) is 31.6 Å². The normalized spacial score (nSPS) is 21.6. The van der Waals surface area contributed by atoms with Gasteiger partial charge in [0, 0.05) is 6.42 Å². The van der Waals surface area contributed by atoms with Crippen molar-refractivity contribution in [2.24, 2.45) is 5.73 Å². The van der Waals surface area contributed by atoms with Crippen LogP contribution in [0.15, 0.2) is 0 Å². The van der Waals surface area contributed by atoms with E-state index >= 15 is 0 Å². The van der Waals surface area contributed by atoms with Crippen LogP contribution in [0.3, 0.4) is 0 Å². The molecule has 3 N–H and O–H groups in total. The maximum absolute atomic E-state index is 5.44. The zero-order valence-electron chi connectivity index (χ0n) is 8.20. The maximum atomic E-state index is 5.44. The second-order valence-corrected chi connectivity index (χ2v) is 4.84. The SMILES string of the molecule is NCCCc1nc(C2CCCS2)n[nH]1. The van der Waals surface area contributed by atoms with Crippen LogP contribution in [0.2, 0.25) is 0 Å². The molecule has 1 atom stereocenters.